The van der Waals surface area contributed by atoms with E-state index in [0.717, 1.165) is 5.57 Å². The minimum Gasteiger partial charge on any atom is -0.463 e. The first-order chi connectivity index (χ1) is 7.78. The Bertz CT molecular complexity index is 382. The molecule has 0 saturated carbocycles. The quantitative estimate of drug-likeness (QED) is 0.319. The van der Waals surface area contributed by atoms with Crippen LogP contribution in [0.2, 0.25) is 0 Å². The van der Waals surface area contributed by atoms with Crippen molar-refractivity contribution in [2.45, 2.75) is 40.0 Å². The molecule has 0 spiro atoms. The fraction of sp³-hybridized carbons (Fsp3) is 0.727. The first-order valence-electron chi connectivity index (χ1n) is 5.56. The molecule has 0 heterocycles. The number of hydrogen-bond acceptors (Lipinski definition) is 5. The smallest absolute Gasteiger partial charge is 0.333 e. The number of esters is 1. The van der Waals surface area contributed by atoms with Crippen molar-refractivity contribution in [2.24, 2.45) is 0 Å². The number of carbonyl (C=O) groups excluding carboxylic acids is 1. The molecule has 0 aliphatic carbocycles. The van der Waals surface area contributed by atoms with E-state index >= 15 is 0 Å². The molecular weight excluding hydrogens is 258 g/mol. The summed E-state index contributed by atoms with van der Waals surface area (Å²) in [6.45, 7) is 5.68. The Morgan fingerprint density at radius 2 is 1.78 bits per heavy atom. The number of unbranched alkanes of at least 4 members (excludes halogenated alkanes) is 1. The molecule has 0 aromatic heterocycles. The molecular formula is C11H23NO5S. The third-order valence-corrected chi connectivity index (χ3v) is 3.01. The lowest BCUT2D eigenvalue weighted by molar-refractivity contribution is -0.138. The largest absolute Gasteiger partial charge is 0.463 e. The van der Waals surface area contributed by atoms with Crippen molar-refractivity contribution in [1.29, 1.82) is 0 Å². The second-order valence-corrected chi connectivity index (χ2v) is 5.51. The van der Waals surface area contributed by atoms with Crippen LogP contribution in [0.15, 0.2) is 11.1 Å². The summed E-state index contributed by atoms with van der Waals surface area (Å²) in [5.74, 6) is -0.620. The van der Waals surface area contributed by atoms with Crippen molar-refractivity contribution in [2.75, 3.05) is 12.4 Å². The van der Waals surface area contributed by atoms with Crippen molar-refractivity contribution < 1.29 is 22.5 Å². The molecule has 0 fully saturated rings. The summed E-state index contributed by atoms with van der Waals surface area (Å²) in [6, 6.07) is 0. The van der Waals surface area contributed by atoms with Crippen LogP contribution in [0.4, 0.5) is 0 Å². The summed E-state index contributed by atoms with van der Waals surface area (Å²) in [4.78, 5) is 11.5. The summed E-state index contributed by atoms with van der Waals surface area (Å²) in [5.41, 5.74) is 1.46. The fourth-order valence-corrected chi connectivity index (χ4v) is 1.93. The Balaban J connectivity index is 0. The number of ether oxygens (including phenoxy) is 1. The zero-order chi connectivity index (χ0) is 13.5. The van der Waals surface area contributed by atoms with Crippen LogP contribution in [0.25, 0.3) is 0 Å². The predicted octanol–water partition coefficient (Wildman–Crippen LogP) is 2.11. The van der Waals surface area contributed by atoms with E-state index in [1.807, 2.05) is 13.8 Å². The SMILES string of the molecule is CCOC(=O)C(CCCCS(=O)(=O)O)=C(C)C.N. The summed E-state index contributed by atoms with van der Waals surface area (Å²) < 4.78 is 34.4. The van der Waals surface area contributed by atoms with Gasteiger partial charge in [-0.05, 0) is 40.0 Å². The summed E-state index contributed by atoms with van der Waals surface area (Å²) in [7, 11) is -3.91. The van der Waals surface area contributed by atoms with Crippen LogP contribution in [-0.2, 0) is 19.6 Å². The molecule has 0 aromatic rings. The molecule has 0 saturated heterocycles. The number of hydrogen-bond donors (Lipinski definition) is 2. The maximum absolute atomic E-state index is 11.5. The minimum absolute atomic E-state index is 0. The van der Waals surface area contributed by atoms with E-state index in [1.54, 1.807) is 6.92 Å². The zero-order valence-electron chi connectivity index (χ0n) is 11.2. The van der Waals surface area contributed by atoms with Crippen LogP contribution in [0.5, 0.6) is 0 Å². The van der Waals surface area contributed by atoms with E-state index in [9.17, 15) is 13.2 Å². The van der Waals surface area contributed by atoms with E-state index in [2.05, 4.69) is 0 Å². The first-order valence-corrected chi connectivity index (χ1v) is 7.17. The lowest BCUT2D eigenvalue weighted by atomic mass is 10.0. The van der Waals surface area contributed by atoms with Gasteiger partial charge < -0.3 is 10.9 Å². The number of carbonyl (C=O) groups is 1. The maximum Gasteiger partial charge on any atom is 0.333 e. The normalized spacial score (nSPS) is 10.4. The van der Waals surface area contributed by atoms with Crippen LogP contribution < -0.4 is 6.15 Å². The predicted molar refractivity (Wildman–Crippen MR) is 70.3 cm³/mol. The van der Waals surface area contributed by atoms with E-state index in [4.69, 9.17) is 9.29 Å². The van der Waals surface area contributed by atoms with E-state index < -0.39 is 10.1 Å². The molecule has 0 aliphatic rings. The van der Waals surface area contributed by atoms with Gasteiger partial charge in [-0.15, -0.1) is 0 Å². The van der Waals surface area contributed by atoms with Gasteiger partial charge >= 0.3 is 5.97 Å². The van der Waals surface area contributed by atoms with Crippen molar-refractivity contribution in [3.05, 3.63) is 11.1 Å². The molecule has 108 valence electrons. The summed E-state index contributed by atoms with van der Waals surface area (Å²) in [5, 5.41) is 0. The van der Waals surface area contributed by atoms with Crippen LogP contribution >= 0.6 is 0 Å². The van der Waals surface area contributed by atoms with E-state index in [1.165, 1.54) is 0 Å². The maximum atomic E-state index is 11.5. The van der Waals surface area contributed by atoms with Gasteiger partial charge in [-0.2, -0.15) is 8.42 Å². The third kappa shape index (κ3) is 9.15. The molecule has 0 atom stereocenters. The van der Waals surface area contributed by atoms with Gasteiger partial charge in [0, 0.05) is 5.57 Å². The van der Waals surface area contributed by atoms with Gasteiger partial charge in [-0.3, -0.25) is 4.55 Å². The molecule has 7 heteroatoms. The van der Waals surface area contributed by atoms with Gasteiger partial charge in [-0.25, -0.2) is 4.79 Å². The monoisotopic (exact) mass is 281 g/mol. The highest BCUT2D eigenvalue weighted by molar-refractivity contribution is 7.85. The van der Waals surface area contributed by atoms with Crippen molar-refractivity contribution in [1.82, 2.24) is 6.15 Å². The molecule has 0 rings (SSSR count). The number of rotatable bonds is 7. The molecule has 4 N–H and O–H groups in total. The summed E-state index contributed by atoms with van der Waals surface area (Å²) in [6.07, 6.45) is 1.32. The fourth-order valence-electron chi connectivity index (χ4n) is 1.36. The Hall–Kier alpha value is -0.920. The van der Waals surface area contributed by atoms with Gasteiger partial charge in [-0.1, -0.05) is 5.57 Å². The molecule has 0 aliphatic heterocycles. The molecule has 0 radical (unpaired) electrons. The van der Waals surface area contributed by atoms with Gasteiger partial charge in [0.15, 0.2) is 0 Å². The Morgan fingerprint density at radius 3 is 2.17 bits per heavy atom. The molecule has 0 aromatic carbocycles. The Labute approximate surface area is 109 Å². The highest BCUT2D eigenvalue weighted by Crippen LogP contribution is 2.14. The van der Waals surface area contributed by atoms with E-state index in [0.29, 0.717) is 31.4 Å². The molecule has 6 nitrogen and oxygen atoms in total. The van der Waals surface area contributed by atoms with Crippen LogP contribution in [0.3, 0.4) is 0 Å². The standard InChI is InChI=1S/C11H20O5S.H3N/c1-4-16-11(12)10(9(2)3)7-5-6-8-17(13,14)15;/h4-8H2,1-3H3,(H,13,14,15);1H3. The van der Waals surface area contributed by atoms with Gasteiger partial charge in [0.2, 0.25) is 0 Å². The highest BCUT2D eigenvalue weighted by Gasteiger charge is 2.12. The summed E-state index contributed by atoms with van der Waals surface area (Å²) >= 11 is 0. The third-order valence-electron chi connectivity index (χ3n) is 2.20. The number of allylic oxidation sites excluding steroid dienone is 1. The second kappa shape index (κ2) is 9.07. The van der Waals surface area contributed by atoms with Crippen LogP contribution in [-0.4, -0.2) is 31.3 Å². The van der Waals surface area contributed by atoms with Crippen molar-refractivity contribution in [3.8, 4) is 0 Å². The average molecular weight is 281 g/mol. The van der Waals surface area contributed by atoms with Gasteiger partial charge in [0.25, 0.3) is 10.1 Å². The van der Waals surface area contributed by atoms with Crippen molar-refractivity contribution in [3.63, 3.8) is 0 Å². The Morgan fingerprint density at radius 1 is 1.22 bits per heavy atom. The van der Waals surface area contributed by atoms with Crippen molar-refractivity contribution >= 4 is 16.1 Å². The van der Waals surface area contributed by atoms with Gasteiger partial charge in [0.05, 0.1) is 12.4 Å². The lowest BCUT2D eigenvalue weighted by Crippen LogP contribution is -2.10. The second-order valence-electron chi connectivity index (χ2n) is 3.94. The Kier molecular flexibility index (Phi) is 9.78. The topological polar surface area (TPSA) is 116 Å². The van der Waals surface area contributed by atoms with Crippen LogP contribution in [0.1, 0.15) is 40.0 Å². The van der Waals surface area contributed by atoms with Gasteiger partial charge in [0.1, 0.15) is 0 Å². The average Bonchev–Trinajstić information content (AvgIpc) is 2.15. The lowest BCUT2D eigenvalue weighted by Gasteiger charge is -2.08. The molecule has 0 bridgehead atoms. The molecule has 0 amide bonds. The molecule has 18 heavy (non-hydrogen) atoms. The van der Waals surface area contributed by atoms with E-state index in [-0.39, 0.29) is 17.9 Å². The minimum atomic E-state index is -3.91. The zero-order valence-corrected chi connectivity index (χ0v) is 12.0. The first kappa shape index (κ1) is 19.4. The van der Waals surface area contributed by atoms with Crippen LogP contribution in [0, 0.1) is 0 Å². The highest BCUT2D eigenvalue weighted by atomic mass is 32.2. The molecule has 0 unspecified atom stereocenters.